The lowest BCUT2D eigenvalue weighted by Gasteiger charge is -2.34. The Morgan fingerprint density at radius 3 is 2.39 bits per heavy atom. The van der Waals surface area contributed by atoms with Gasteiger partial charge in [-0.3, -0.25) is 0 Å². The van der Waals surface area contributed by atoms with E-state index in [0.717, 1.165) is 6.42 Å². The van der Waals surface area contributed by atoms with Gasteiger partial charge in [-0.25, -0.2) is 8.42 Å². The molecule has 0 amide bonds. The highest BCUT2D eigenvalue weighted by molar-refractivity contribution is 7.89. The molecule has 1 aromatic carbocycles. The van der Waals surface area contributed by atoms with Crippen LogP contribution in [0, 0.1) is 11.8 Å². The molecule has 0 radical (unpaired) electrons. The third kappa shape index (κ3) is 2.67. The van der Waals surface area contributed by atoms with Crippen molar-refractivity contribution in [3.8, 4) is 0 Å². The lowest BCUT2D eigenvalue weighted by Crippen LogP contribution is -2.42. The maximum atomic E-state index is 12.5. The third-order valence-corrected chi connectivity index (χ3v) is 5.16. The summed E-state index contributed by atoms with van der Waals surface area (Å²) in [5.74, 6) is 0.814. The first-order chi connectivity index (χ1) is 8.39. The number of sulfonamides is 1. The normalized spacial score (nSPS) is 26.1. The molecule has 100 valence electrons. The van der Waals surface area contributed by atoms with E-state index in [2.05, 4.69) is 13.8 Å². The van der Waals surface area contributed by atoms with Crippen molar-refractivity contribution >= 4 is 15.7 Å². The van der Waals surface area contributed by atoms with Crippen LogP contribution in [0.15, 0.2) is 29.2 Å². The van der Waals surface area contributed by atoms with Crippen LogP contribution in [0.2, 0.25) is 0 Å². The van der Waals surface area contributed by atoms with E-state index < -0.39 is 10.0 Å². The van der Waals surface area contributed by atoms with Gasteiger partial charge in [0, 0.05) is 18.8 Å². The molecule has 1 aliphatic rings. The van der Waals surface area contributed by atoms with E-state index in [1.54, 1.807) is 22.5 Å². The van der Waals surface area contributed by atoms with Gasteiger partial charge in [0.15, 0.2) is 0 Å². The third-order valence-electron chi connectivity index (χ3n) is 3.33. The van der Waals surface area contributed by atoms with Crippen molar-refractivity contribution in [2.75, 3.05) is 18.8 Å². The van der Waals surface area contributed by atoms with Crippen LogP contribution < -0.4 is 5.73 Å². The van der Waals surface area contributed by atoms with Gasteiger partial charge in [-0.15, -0.1) is 0 Å². The summed E-state index contributed by atoms with van der Waals surface area (Å²) in [7, 11) is -3.40. The molecule has 1 saturated heterocycles. The summed E-state index contributed by atoms with van der Waals surface area (Å²) < 4.78 is 26.6. The highest BCUT2D eigenvalue weighted by Gasteiger charge is 2.31. The fourth-order valence-electron chi connectivity index (χ4n) is 2.63. The molecule has 4 nitrogen and oxygen atoms in total. The van der Waals surface area contributed by atoms with Crippen molar-refractivity contribution in [2.45, 2.75) is 25.2 Å². The summed E-state index contributed by atoms with van der Waals surface area (Å²) in [4.78, 5) is 0.295. The van der Waals surface area contributed by atoms with E-state index in [4.69, 9.17) is 5.73 Å². The smallest absolute Gasteiger partial charge is 0.243 e. The number of nitrogen functional groups attached to an aromatic ring is 1. The minimum atomic E-state index is -3.40. The quantitative estimate of drug-likeness (QED) is 0.834. The first kappa shape index (κ1) is 13.4. The molecule has 18 heavy (non-hydrogen) atoms. The lowest BCUT2D eigenvalue weighted by molar-refractivity contribution is 0.222. The molecule has 0 saturated carbocycles. The van der Waals surface area contributed by atoms with Crippen LogP contribution in [0.25, 0.3) is 0 Å². The van der Waals surface area contributed by atoms with Crippen LogP contribution in [0.3, 0.4) is 0 Å². The second-order valence-electron chi connectivity index (χ2n) is 5.34. The Bertz CT molecular complexity index is 518. The van der Waals surface area contributed by atoms with Gasteiger partial charge in [-0.1, -0.05) is 19.9 Å². The molecule has 2 N–H and O–H groups in total. The zero-order valence-electron chi connectivity index (χ0n) is 10.8. The van der Waals surface area contributed by atoms with Gasteiger partial charge in [0.05, 0.1) is 4.90 Å². The predicted octanol–water partition coefficient (Wildman–Crippen LogP) is 1.94. The molecular formula is C13H20N2O2S. The monoisotopic (exact) mass is 268 g/mol. The highest BCUT2D eigenvalue weighted by Crippen LogP contribution is 2.27. The Kier molecular flexibility index (Phi) is 3.64. The molecule has 0 aliphatic carbocycles. The highest BCUT2D eigenvalue weighted by atomic mass is 32.2. The second-order valence-corrected chi connectivity index (χ2v) is 7.28. The van der Waals surface area contributed by atoms with Gasteiger partial charge in [-0.2, -0.15) is 4.31 Å². The van der Waals surface area contributed by atoms with Crippen LogP contribution in [-0.4, -0.2) is 25.8 Å². The van der Waals surface area contributed by atoms with Crippen molar-refractivity contribution in [3.63, 3.8) is 0 Å². The number of hydrogen-bond acceptors (Lipinski definition) is 3. The largest absolute Gasteiger partial charge is 0.399 e. The average Bonchev–Trinajstić information content (AvgIpc) is 2.27. The van der Waals surface area contributed by atoms with Crippen molar-refractivity contribution < 1.29 is 8.42 Å². The predicted molar refractivity (Wildman–Crippen MR) is 72.6 cm³/mol. The summed E-state index contributed by atoms with van der Waals surface area (Å²) in [6.07, 6.45) is 1.09. The molecule has 0 spiro atoms. The number of rotatable bonds is 2. The lowest BCUT2D eigenvalue weighted by atomic mass is 9.94. The van der Waals surface area contributed by atoms with Crippen molar-refractivity contribution in [1.82, 2.24) is 4.31 Å². The number of nitrogens with two attached hydrogens (primary N) is 1. The Morgan fingerprint density at radius 1 is 1.22 bits per heavy atom. The Balaban J connectivity index is 2.31. The zero-order chi connectivity index (χ0) is 13.3. The summed E-state index contributed by atoms with van der Waals surface area (Å²) in [5.41, 5.74) is 6.14. The van der Waals surface area contributed by atoms with Crippen LogP contribution in [0.4, 0.5) is 5.69 Å². The minimum absolute atomic E-state index is 0.295. The Morgan fingerprint density at radius 2 is 1.83 bits per heavy atom. The van der Waals surface area contributed by atoms with Gasteiger partial charge in [0.25, 0.3) is 0 Å². The molecule has 2 atom stereocenters. The molecule has 1 fully saturated rings. The van der Waals surface area contributed by atoms with E-state index in [1.807, 2.05) is 0 Å². The van der Waals surface area contributed by atoms with Crippen molar-refractivity contribution in [3.05, 3.63) is 24.3 Å². The van der Waals surface area contributed by atoms with Gasteiger partial charge in [0.2, 0.25) is 10.0 Å². The molecule has 0 unspecified atom stereocenters. The fourth-order valence-corrected chi connectivity index (χ4v) is 4.36. The number of anilines is 1. The molecular weight excluding hydrogens is 248 g/mol. The van der Waals surface area contributed by atoms with Gasteiger partial charge in [-0.05, 0) is 36.5 Å². The summed E-state index contributed by atoms with van der Waals surface area (Å²) in [5, 5.41) is 0. The summed E-state index contributed by atoms with van der Waals surface area (Å²) in [6, 6.07) is 6.51. The van der Waals surface area contributed by atoms with E-state index in [-0.39, 0.29) is 0 Å². The first-order valence-electron chi connectivity index (χ1n) is 6.25. The molecule has 1 aliphatic heterocycles. The minimum Gasteiger partial charge on any atom is -0.399 e. The standard InChI is InChI=1S/C13H20N2O2S/c1-10-6-11(2)9-15(8-10)18(16,17)13-5-3-4-12(14)7-13/h3-5,7,10-11H,6,8-9,14H2,1-2H3/t10-,11-/m1/s1. The first-order valence-corrected chi connectivity index (χ1v) is 7.69. The zero-order valence-corrected chi connectivity index (χ0v) is 11.7. The topological polar surface area (TPSA) is 63.4 Å². The number of nitrogens with zero attached hydrogens (tertiary/aromatic N) is 1. The molecule has 0 aromatic heterocycles. The summed E-state index contributed by atoms with van der Waals surface area (Å²) in [6.45, 7) is 5.39. The van der Waals surface area contributed by atoms with E-state index in [1.165, 1.54) is 6.07 Å². The fraction of sp³-hybridized carbons (Fsp3) is 0.538. The van der Waals surface area contributed by atoms with Gasteiger partial charge in [0.1, 0.15) is 0 Å². The molecule has 1 heterocycles. The van der Waals surface area contributed by atoms with E-state index in [9.17, 15) is 8.42 Å². The second kappa shape index (κ2) is 4.90. The molecule has 2 rings (SSSR count). The average molecular weight is 268 g/mol. The maximum absolute atomic E-state index is 12.5. The Labute approximate surface area is 109 Å². The van der Waals surface area contributed by atoms with Crippen molar-refractivity contribution in [1.29, 1.82) is 0 Å². The summed E-state index contributed by atoms with van der Waals surface area (Å²) >= 11 is 0. The molecule has 1 aromatic rings. The van der Waals surface area contributed by atoms with Gasteiger partial charge >= 0.3 is 0 Å². The van der Waals surface area contributed by atoms with Crippen LogP contribution in [0.5, 0.6) is 0 Å². The molecule has 5 heteroatoms. The number of piperidine rings is 1. The van der Waals surface area contributed by atoms with Crippen LogP contribution >= 0.6 is 0 Å². The van der Waals surface area contributed by atoms with Crippen LogP contribution in [-0.2, 0) is 10.0 Å². The SMILES string of the molecule is C[C@@H]1C[C@@H](C)CN(S(=O)(=O)c2cccc(N)c2)C1. The van der Waals surface area contributed by atoms with Crippen molar-refractivity contribution in [2.24, 2.45) is 11.8 Å². The molecule has 0 bridgehead atoms. The van der Waals surface area contributed by atoms with Gasteiger partial charge < -0.3 is 5.73 Å². The maximum Gasteiger partial charge on any atom is 0.243 e. The Hall–Kier alpha value is -1.07. The van der Waals surface area contributed by atoms with E-state index in [0.29, 0.717) is 35.5 Å². The number of hydrogen-bond donors (Lipinski definition) is 1. The van der Waals surface area contributed by atoms with E-state index >= 15 is 0 Å². The number of benzene rings is 1. The van der Waals surface area contributed by atoms with Crippen LogP contribution in [0.1, 0.15) is 20.3 Å².